The van der Waals surface area contributed by atoms with E-state index in [4.69, 9.17) is 14.2 Å². The number of aromatic nitrogens is 2. The summed E-state index contributed by atoms with van der Waals surface area (Å²) < 4.78 is 19.0. The minimum atomic E-state index is -0.0737. The number of aryl methyl sites for hydroxylation is 1. The molecule has 0 atom stereocenters. The number of methoxy groups -OCH3 is 1. The molecule has 0 radical (unpaired) electrons. The van der Waals surface area contributed by atoms with Gasteiger partial charge in [-0.2, -0.15) is 0 Å². The normalized spacial score (nSPS) is 16.7. The number of nitrogens with one attached hydrogen (secondary N) is 1. The number of imidazole rings is 1. The van der Waals surface area contributed by atoms with Gasteiger partial charge in [-0.05, 0) is 43.5 Å². The second-order valence-electron chi connectivity index (χ2n) is 8.65. The molecule has 1 amide bonds. The molecule has 5 rings (SSSR count). The zero-order valence-corrected chi connectivity index (χ0v) is 19.2. The molecule has 1 aliphatic carbocycles. The van der Waals surface area contributed by atoms with Crippen LogP contribution in [0.5, 0.6) is 11.5 Å². The lowest BCUT2D eigenvalue weighted by atomic mass is 10.0. The maximum Gasteiger partial charge on any atom is 0.255 e. The van der Waals surface area contributed by atoms with Crippen LogP contribution in [0, 0.1) is 6.92 Å². The number of ether oxygens (including phenoxy) is 3. The summed E-state index contributed by atoms with van der Waals surface area (Å²) in [6.07, 6.45) is 5.90. The van der Waals surface area contributed by atoms with E-state index in [-0.39, 0.29) is 5.91 Å². The maximum atomic E-state index is 12.7. The Morgan fingerprint density at radius 1 is 1.24 bits per heavy atom. The van der Waals surface area contributed by atoms with Crippen LogP contribution in [0.3, 0.4) is 0 Å². The van der Waals surface area contributed by atoms with E-state index < -0.39 is 0 Å². The highest BCUT2D eigenvalue weighted by molar-refractivity contribution is 5.99. The molecule has 2 fully saturated rings. The molecule has 0 unspecified atom stereocenters. The van der Waals surface area contributed by atoms with Gasteiger partial charge in [0.05, 0.1) is 37.8 Å². The van der Waals surface area contributed by atoms with E-state index in [2.05, 4.69) is 15.2 Å². The molecule has 0 bridgehead atoms. The number of carbonyl (C=O) groups excluding carboxylic acids is 1. The van der Waals surface area contributed by atoms with Gasteiger partial charge in [0, 0.05) is 43.5 Å². The summed E-state index contributed by atoms with van der Waals surface area (Å²) in [6.45, 7) is 6.94. The van der Waals surface area contributed by atoms with Crippen molar-refractivity contribution in [1.29, 1.82) is 0 Å². The Labute approximate surface area is 193 Å². The second-order valence-corrected chi connectivity index (χ2v) is 8.65. The van der Waals surface area contributed by atoms with Crippen molar-refractivity contribution in [3.63, 3.8) is 0 Å². The first-order chi connectivity index (χ1) is 16.1. The van der Waals surface area contributed by atoms with Gasteiger partial charge in [-0.25, -0.2) is 4.98 Å². The largest absolute Gasteiger partial charge is 0.496 e. The predicted octanol–water partition coefficient (Wildman–Crippen LogP) is 2.92. The second kappa shape index (κ2) is 9.41. The molecule has 1 saturated carbocycles. The number of hydrogen-bond acceptors (Lipinski definition) is 6. The van der Waals surface area contributed by atoms with Gasteiger partial charge in [0.25, 0.3) is 5.91 Å². The monoisotopic (exact) mass is 450 g/mol. The number of nitrogens with zero attached hydrogens (tertiary/aromatic N) is 3. The molecule has 33 heavy (non-hydrogen) atoms. The standard InChI is InChI=1S/C25H30N4O4/c1-17-13-18(14-22(31-2)24(17)25(30)27-19-3-4-19)21-16-26-23-15-20(5-6-29(21)23)33-12-9-28-7-10-32-11-8-28/h5-6,13-16,19H,3-4,7-12H2,1-2H3,(H,27,30). The number of carbonyl (C=O) groups is 1. The molecule has 8 heteroatoms. The molecule has 2 aliphatic rings. The van der Waals surface area contributed by atoms with Gasteiger partial charge >= 0.3 is 0 Å². The lowest BCUT2D eigenvalue weighted by molar-refractivity contribution is 0.0322. The van der Waals surface area contributed by atoms with Crippen LogP contribution in [0.25, 0.3) is 16.9 Å². The van der Waals surface area contributed by atoms with E-state index in [0.717, 1.165) is 73.9 Å². The van der Waals surface area contributed by atoms with E-state index in [1.807, 2.05) is 48.0 Å². The quantitative estimate of drug-likeness (QED) is 0.569. The van der Waals surface area contributed by atoms with Crippen molar-refractivity contribution in [2.75, 3.05) is 46.6 Å². The number of hydrogen-bond donors (Lipinski definition) is 1. The summed E-state index contributed by atoms with van der Waals surface area (Å²) in [5, 5.41) is 3.05. The number of morpholine rings is 1. The fourth-order valence-corrected chi connectivity index (χ4v) is 4.22. The van der Waals surface area contributed by atoms with Gasteiger partial charge in [-0.1, -0.05) is 0 Å². The Morgan fingerprint density at radius 3 is 2.82 bits per heavy atom. The average Bonchev–Trinajstić information content (AvgIpc) is 3.54. The van der Waals surface area contributed by atoms with E-state index in [0.29, 0.717) is 24.0 Å². The minimum Gasteiger partial charge on any atom is -0.496 e. The maximum absolute atomic E-state index is 12.7. The molecular formula is C25H30N4O4. The summed E-state index contributed by atoms with van der Waals surface area (Å²) in [5.41, 5.74) is 4.15. The van der Waals surface area contributed by atoms with E-state index in [1.54, 1.807) is 7.11 Å². The highest BCUT2D eigenvalue weighted by atomic mass is 16.5. The molecule has 8 nitrogen and oxygen atoms in total. The van der Waals surface area contributed by atoms with Crippen molar-refractivity contribution >= 4 is 11.6 Å². The van der Waals surface area contributed by atoms with Gasteiger partial charge < -0.3 is 19.5 Å². The summed E-state index contributed by atoms with van der Waals surface area (Å²) in [6, 6.07) is 8.12. The number of benzene rings is 1. The number of amides is 1. The third kappa shape index (κ3) is 4.82. The molecule has 0 spiro atoms. The van der Waals surface area contributed by atoms with Gasteiger partial charge in [-0.3, -0.25) is 14.1 Å². The lowest BCUT2D eigenvalue weighted by Gasteiger charge is -2.26. The van der Waals surface area contributed by atoms with Crippen LogP contribution in [0.4, 0.5) is 0 Å². The van der Waals surface area contributed by atoms with Gasteiger partial charge in [0.1, 0.15) is 23.8 Å². The van der Waals surface area contributed by atoms with Gasteiger partial charge in [0.15, 0.2) is 0 Å². The Kier molecular flexibility index (Phi) is 6.20. The zero-order chi connectivity index (χ0) is 22.8. The van der Waals surface area contributed by atoms with Crippen LogP contribution < -0.4 is 14.8 Å². The smallest absolute Gasteiger partial charge is 0.255 e. The van der Waals surface area contributed by atoms with Crippen LogP contribution in [0.1, 0.15) is 28.8 Å². The van der Waals surface area contributed by atoms with E-state index in [9.17, 15) is 4.79 Å². The zero-order valence-electron chi connectivity index (χ0n) is 19.2. The first-order valence-corrected chi connectivity index (χ1v) is 11.5. The molecule has 1 aromatic carbocycles. The fourth-order valence-electron chi connectivity index (χ4n) is 4.22. The predicted molar refractivity (Wildman–Crippen MR) is 125 cm³/mol. The summed E-state index contributed by atoms with van der Waals surface area (Å²) in [7, 11) is 1.60. The van der Waals surface area contributed by atoms with Crippen LogP contribution in [0.2, 0.25) is 0 Å². The Morgan fingerprint density at radius 2 is 2.06 bits per heavy atom. The highest BCUT2D eigenvalue weighted by Crippen LogP contribution is 2.32. The third-order valence-electron chi connectivity index (χ3n) is 6.22. The van der Waals surface area contributed by atoms with Gasteiger partial charge in [-0.15, -0.1) is 0 Å². The average molecular weight is 451 g/mol. The first-order valence-electron chi connectivity index (χ1n) is 11.5. The van der Waals surface area contributed by atoms with Crippen LogP contribution in [-0.4, -0.2) is 72.8 Å². The molecule has 1 N–H and O–H groups in total. The number of fused-ring (bicyclic) bond motifs is 1. The van der Waals surface area contributed by atoms with Crippen LogP contribution in [-0.2, 0) is 4.74 Å². The van der Waals surface area contributed by atoms with Crippen molar-refractivity contribution in [1.82, 2.24) is 19.6 Å². The lowest BCUT2D eigenvalue weighted by Crippen LogP contribution is -2.38. The molecular weight excluding hydrogens is 420 g/mol. The van der Waals surface area contributed by atoms with E-state index >= 15 is 0 Å². The molecule has 3 heterocycles. The number of rotatable bonds is 8. The van der Waals surface area contributed by atoms with Crippen molar-refractivity contribution in [2.24, 2.45) is 0 Å². The fraction of sp³-hybridized carbons (Fsp3) is 0.440. The molecule has 3 aromatic rings. The Balaban J connectivity index is 1.34. The Bertz CT molecular complexity index is 1150. The molecule has 1 saturated heterocycles. The SMILES string of the molecule is COc1cc(-c2cnc3cc(OCCN4CCOCC4)ccn23)cc(C)c1C(=O)NC1CC1. The van der Waals surface area contributed by atoms with Crippen molar-refractivity contribution in [3.8, 4) is 22.8 Å². The Hall–Kier alpha value is -3.10. The van der Waals surface area contributed by atoms with E-state index in [1.165, 1.54) is 0 Å². The molecule has 174 valence electrons. The summed E-state index contributed by atoms with van der Waals surface area (Å²) >= 11 is 0. The van der Waals surface area contributed by atoms with Crippen LogP contribution >= 0.6 is 0 Å². The summed E-state index contributed by atoms with van der Waals surface area (Å²) in [5.74, 6) is 1.30. The molecule has 1 aliphatic heterocycles. The molecule has 2 aromatic heterocycles. The summed E-state index contributed by atoms with van der Waals surface area (Å²) in [4.78, 5) is 19.6. The number of pyridine rings is 1. The van der Waals surface area contributed by atoms with Crippen molar-refractivity contribution < 1.29 is 19.0 Å². The highest BCUT2D eigenvalue weighted by Gasteiger charge is 2.26. The van der Waals surface area contributed by atoms with Crippen LogP contribution in [0.15, 0.2) is 36.7 Å². The topological polar surface area (TPSA) is 77.3 Å². The third-order valence-corrected chi connectivity index (χ3v) is 6.22. The van der Waals surface area contributed by atoms with Gasteiger partial charge in [0.2, 0.25) is 0 Å². The van der Waals surface area contributed by atoms with Crippen molar-refractivity contribution in [2.45, 2.75) is 25.8 Å². The van der Waals surface area contributed by atoms with Crippen molar-refractivity contribution in [3.05, 3.63) is 47.8 Å². The first kappa shape index (κ1) is 21.7. The minimum absolute atomic E-state index is 0.0737.